The molecule has 0 fully saturated rings. The van der Waals surface area contributed by atoms with Gasteiger partial charge in [-0.05, 0) is 20.3 Å². The quantitative estimate of drug-likeness (QED) is 0.752. The number of benzene rings is 1. The third-order valence-electron chi connectivity index (χ3n) is 3.75. The van der Waals surface area contributed by atoms with Gasteiger partial charge in [0, 0.05) is 24.6 Å². The van der Waals surface area contributed by atoms with Crippen LogP contribution in [0.25, 0.3) is 11.3 Å². The van der Waals surface area contributed by atoms with Crippen molar-refractivity contribution in [1.29, 1.82) is 0 Å². The summed E-state index contributed by atoms with van der Waals surface area (Å²) >= 11 is 0. The molecule has 1 aromatic heterocycles. The van der Waals surface area contributed by atoms with Crippen LogP contribution in [0.1, 0.15) is 44.5 Å². The minimum Gasteiger partial charge on any atom is -0.297 e. The van der Waals surface area contributed by atoms with Crippen LogP contribution in [0, 0.1) is 6.92 Å². The van der Waals surface area contributed by atoms with Crippen LogP contribution in [0.3, 0.4) is 0 Å². The molecule has 0 spiro atoms. The first-order valence-electron chi connectivity index (χ1n) is 7.83. The van der Waals surface area contributed by atoms with Crippen LogP contribution in [-0.2, 0) is 13.0 Å². The van der Waals surface area contributed by atoms with E-state index < -0.39 is 0 Å². The van der Waals surface area contributed by atoms with E-state index in [2.05, 4.69) is 26.0 Å². The van der Waals surface area contributed by atoms with E-state index in [1.54, 1.807) is 10.6 Å². The monoisotopic (exact) mass is 284 g/mol. The zero-order valence-electron chi connectivity index (χ0n) is 13.2. The molecule has 0 bridgehead atoms. The zero-order valence-corrected chi connectivity index (χ0v) is 13.2. The second-order valence-corrected chi connectivity index (χ2v) is 5.46. The maximum Gasteiger partial charge on any atom is 0.254 e. The molecule has 1 aromatic carbocycles. The summed E-state index contributed by atoms with van der Waals surface area (Å²) in [6.07, 6.45) is 4.30. The van der Waals surface area contributed by atoms with Crippen molar-refractivity contribution in [3.05, 3.63) is 52.1 Å². The fraction of sp³-hybridized carbons (Fsp3) is 0.444. The molecule has 1 heterocycles. The Kier molecular flexibility index (Phi) is 5.32. The molecule has 3 heteroatoms. The van der Waals surface area contributed by atoms with Crippen LogP contribution in [0.15, 0.2) is 35.1 Å². The van der Waals surface area contributed by atoms with Gasteiger partial charge in [0.2, 0.25) is 0 Å². The third-order valence-corrected chi connectivity index (χ3v) is 3.75. The molecule has 0 N–H and O–H groups in total. The van der Waals surface area contributed by atoms with Gasteiger partial charge in [-0.25, -0.2) is 4.98 Å². The molecule has 0 unspecified atom stereocenters. The Hall–Kier alpha value is -1.90. The molecule has 0 aliphatic heterocycles. The number of hydrogen-bond acceptors (Lipinski definition) is 2. The van der Waals surface area contributed by atoms with Crippen LogP contribution in [0.5, 0.6) is 0 Å². The first kappa shape index (κ1) is 15.5. The SMILES string of the molecule is CCCCCc1nc(-c2ccc(C)cc2)cc(=O)n1CC. The average Bonchev–Trinajstić information content (AvgIpc) is 2.48. The Morgan fingerprint density at radius 3 is 2.43 bits per heavy atom. The molecular weight excluding hydrogens is 260 g/mol. The molecule has 112 valence electrons. The number of unbranched alkanes of at least 4 members (excludes halogenated alkanes) is 2. The molecule has 0 aliphatic rings. The maximum atomic E-state index is 12.3. The fourth-order valence-electron chi connectivity index (χ4n) is 2.49. The second-order valence-electron chi connectivity index (χ2n) is 5.46. The van der Waals surface area contributed by atoms with Gasteiger partial charge in [0.05, 0.1) is 5.69 Å². The van der Waals surface area contributed by atoms with Crippen LogP contribution in [0.4, 0.5) is 0 Å². The lowest BCUT2D eigenvalue weighted by molar-refractivity contribution is 0.609. The van der Waals surface area contributed by atoms with Gasteiger partial charge in [-0.15, -0.1) is 0 Å². The summed E-state index contributed by atoms with van der Waals surface area (Å²) in [4.78, 5) is 17.0. The summed E-state index contributed by atoms with van der Waals surface area (Å²) < 4.78 is 1.79. The van der Waals surface area contributed by atoms with E-state index in [4.69, 9.17) is 4.98 Å². The Labute approximate surface area is 126 Å². The van der Waals surface area contributed by atoms with E-state index in [1.807, 2.05) is 19.1 Å². The Bertz CT molecular complexity index is 641. The van der Waals surface area contributed by atoms with Crippen LogP contribution >= 0.6 is 0 Å². The van der Waals surface area contributed by atoms with E-state index in [-0.39, 0.29) is 5.56 Å². The molecule has 0 aliphatic carbocycles. The summed E-state index contributed by atoms with van der Waals surface area (Å²) in [5.41, 5.74) is 3.06. The van der Waals surface area contributed by atoms with Gasteiger partial charge in [0.1, 0.15) is 5.82 Å². The minimum atomic E-state index is 0.0505. The molecule has 0 amide bonds. The topological polar surface area (TPSA) is 34.9 Å². The molecule has 0 atom stereocenters. The standard InChI is InChI=1S/C18H24N2O/c1-4-6-7-8-17-19-16(13-18(21)20(17)5-2)15-11-9-14(3)10-12-15/h9-13H,4-8H2,1-3H3. The number of aromatic nitrogens is 2. The van der Waals surface area contributed by atoms with Gasteiger partial charge in [-0.1, -0.05) is 49.6 Å². The molecule has 2 rings (SSSR count). The number of hydrogen-bond donors (Lipinski definition) is 0. The van der Waals surface area contributed by atoms with Crippen molar-refractivity contribution in [2.75, 3.05) is 0 Å². The molecular formula is C18H24N2O. The van der Waals surface area contributed by atoms with Crippen molar-refractivity contribution >= 4 is 0 Å². The van der Waals surface area contributed by atoms with Gasteiger partial charge in [0.15, 0.2) is 0 Å². The van der Waals surface area contributed by atoms with Crippen molar-refractivity contribution in [3.8, 4) is 11.3 Å². The predicted octanol–water partition coefficient (Wildman–Crippen LogP) is 3.97. The van der Waals surface area contributed by atoms with Crippen molar-refractivity contribution in [2.45, 2.75) is 53.0 Å². The Balaban J connectivity index is 2.39. The summed E-state index contributed by atoms with van der Waals surface area (Å²) in [7, 11) is 0. The minimum absolute atomic E-state index is 0.0505. The second kappa shape index (κ2) is 7.21. The van der Waals surface area contributed by atoms with Gasteiger partial charge in [-0.3, -0.25) is 9.36 Å². The molecule has 0 saturated carbocycles. The van der Waals surface area contributed by atoms with Crippen LogP contribution in [-0.4, -0.2) is 9.55 Å². The molecule has 21 heavy (non-hydrogen) atoms. The van der Waals surface area contributed by atoms with Crippen LogP contribution < -0.4 is 5.56 Å². The highest BCUT2D eigenvalue weighted by Gasteiger charge is 2.09. The van der Waals surface area contributed by atoms with Crippen LogP contribution in [0.2, 0.25) is 0 Å². The number of aryl methyl sites for hydroxylation is 2. The normalized spacial score (nSPS) is 10.8. The van der Waals surface area contributed by atoms with Crippen molar-refractivity contribution in [3.63, 3.8) is 0 Å². The fourth-order valence-corrected chi connectivity index (χ4v) is 2.49. The Morgan fingerprint density at radius 1 is 1.10 bits per heavy atom. The summed E-state index contributed by atoms with van der Waals surface area (Å²) in [6.45, 7) is 6.92. The molecule has 0 radical (unpaired) electrons. The molecule has 3 nitrogen and oxygen atoms in total. The molecule has 2 aromatic rings. The third kappa shape index (κ3) is 3.81. The first-order chi connectivity index (χ1) is 10.2. The number of rotatable bonds is 6. The lowest BCUT2D eigenvalue weighted by atomic mass is 10.1. The van der Waals surface area contributed by atoms with Gasteiger partial charge >= 0.3 is 0 Å². The number of nitrogens with zero attached hydrogens (tertiary/aromatic N) is 2. The lowest BCUT2D eigenvalue weighted by Gasteiger charge is -2.12. The highest BCUT2D eigenvalue weighted by molar-refractivity contribution is 5.59. The van der Waals surface area contributed by atoms with E-state index >= 15 is 0 Å². The van der Waals surface area contributed by atoms with Crippen molar-refractivity contribution in [2.24, 2.45) is 0 Å². The van der Waals surface area contributed by atoms with Crippen molar-refractivity contribution < 1.29 is 0 Å². The maximum absolute atomic E-state index is 12.3. The summed E-state index contributed by atoms with van der Waals surface area (Å²) in [5, 5.41) is 0. The van der Waals surface area contributed by atoms with Crippen molar-refractivity contribution in [1.82, 2.24) is 9.55 Å². The van der Waals surface area contributed by atoms with Gasteiger partial charge < -0.3 is 0 Å². The average molecular weight is 284 g/mol. The Morgan fingerprint density at radius 2 is 1.81 bits per heavy atom. The molecule has 0 saturated heterocycles. The van der Waals surface area contributed by atoms with E-state index in [1.165, 1.54) is 18.4 Å². The lowest BCUT2D eigenvalue weighted by Crippen LogP contribution is -2.24. The zero-order chi connectivity index (χ0) is 15.2. The summed E-state index contributed by atoms with van der Waals surface area (Å²) in [6, 6.07) is 9.82. The summed E-state index contributed by atoms with van der Waals surface area (Å²) in [5.74, 6) is 0.911. The first-order valence-corrected chi connectivity index (χ1v) is 7.83. The van der Waals surface area contributed by atoms with Gasteiger partial charge in [-0.2, -0.15) is 0 Å². The predicted molar refractivity (Wildman–Crippen MR) is 87.6 cm³/mol. The highest BCUT2D eigenvalue weighted by atomic mass is 16.1. The highest BCUT2D eigenvalue weighted by Crippen LogP contribution is 2.17. The van der Waals surface area contributed by atoms with Gasteiger partial charge in [0.25, 0.3) is 5.56 Å². The van der Waals surface area contributed by atoms with E-state index in [9.17, 15) is 4.79 Å². The van der Waals surface area contributed by atoms with E-state index in [0.29, 0.717) is 6.54 Å². The van der Waals surface area contributed by atoms with E-state index in [0.717, 1.165) is 29.9 Å². The largest absolute Gasteiger partial charge is 0.297 e. The smallest absolute Gasteiger partial charge is 0.254 e.